The number of hydrazine groups is 1. The normalized spacial score (nSPS) is 21.1. The Balaban J connectivity index is 1.72. The van der Waals surface area contributed by atoms with Gasteiger partial charge in [-0.05, 0) is 31.6 Å². The van der Waals surface area contributed by atoms with Gasteiger partial charge in [0.1, 0.15) is 5.82 Å². The number of nitrogens with zero attached hydrogens (tertiary/aromatic N) is 3. The van der Waals surface area contributed by atoms with Gasteiger partial charge < -0.3 is 10.5 Å². The average Bonchev–Trinajstić information content (AvgIpc) is 3.27. The Hall–Kier alpha value is -3.14. The Morgan fingerprint density at radius 2 is 1.96 bits per heavy atom. The van der Waals surface area contributed by atoms with Gasteiger partial charge >= 0.3 is 6.18 Å². The van der Waals surface area contributed by atoms with E-state index >= 15 is 0 Å². The van der Waals surface area contributed by atoms with Gasteiger partial charge in [-0.25, -0.2) is 4.98 Å². The summed E-state index contributed by atoms with van der Waals surface area (Å²) in [6.45, 7) is 3.17. The predicted octanol–water partition coefficient (Wildman–Crippen LogP) is 2.87. The maximum Gasteiger partial charge on any atom is 0.438 e. The van der Waals surface area contributed by atoms with E-state index in [-0.39, 0.29) is 16.3 Å². The first-order valence-corrected chi connectivity index (χ1v) is 8.33. The van der Waals surface area contributed by atoms with Crippen LogP contribution in [0.25, 0.3) is 0 Å². The van der Waals surface area contributed by atoms with Crippen LogP contribution in [0.3, 0.4) is 0 Å². The van der Waals surface area contributed by atoms with E-state index in [1.807, 2.05) is 31.2 Å². The molecule has 0 bridgehead atoms. The number of hydrazone groups is 1. The molecule has 7 nitrogen and oxygen atoms in total. The second kappa shape index (κ2) is 7.12. The highest BCUT2D eigenvalue weighted by Crippen LogP contribution is 2.40. The maximum absolute atomic E-state index is 13.2. The Bertz CT molecular complexity index is 889. The highest BCUT2D eigenvalue weighted by Gasteiger charge is 2.62. The minimum Gasteiger partial charge on any atom is -0.362 e. The molecule has 0 aromatic carbocycles. The maximum atomic E-state index is 13.2. The summed E-state index contributed by atoms with van der Waals surface area (Å²) >= 11 is 0. The van der Waals surface area contributed by atoms with Crippen LogP contribution in [-0.2, 0) is 0 Å². The van der Waals surface area contributed by atoms with Crippen molar-refractivity contribution in [2.45, 2.75) is 32.2 Å². The number of amides is 1. The third-order valence-electron chi connectivity index (χ3n) is 4.25. The summed E-state index contributed by atoms with van der Waals surface area (Å²) in [5.41, 5.74) is 4.10. The van der Waals surface area contributed by atoms with Gasteiger partial charge in [-0.3, -0.25) is 10.2 Å². The van der Waals surface area contributed by atoms with Crippen molar-refractivity contribution in [1.29, 1.82) is 0 Å². The number of allylic oxidation sites excluding steroid dienone is 6. The number of anilines is 1. The molecule has 1 aliphatic heterocycles. The number of halogens is 3. The van der Waals surface area contributed by atoms with Crippen LogP contribution in [0.2, 0.25) is 0 Å². The lowest BCUT2D eigenvalue weighted by molar-refractivity contribution is -0.297. The van der Waals surface area contributed by atoms with E-state index in [1.165, 1.54) is 19.1 Å². The molecule has 0 radical (unpaired) electrons. The van der Waals surface area contributed by atoms with Crippen LogP contribution in [0.15, 0.2) is 59.0 Å². The van der Waals surface area contributed by atoms with Gasteiger partial charge in [0, 0.05) is 24.0 Å². The van der Waals surface area contributed by atoms with Gasteiger partial charge in [0.2, 0.25) is 0 Å². The molecule has 0 fully saturated rings. The first kappa shape index (κ1) is 19.6. The quantitative estimate of drug-likeness (QED) is 0.685. The van der Waals surface area contributed by atoms with E-state index in [9.17, 15) is 23.1 Å². The molecule has 2 aliphatic rings. The third kappa shape index (κ3) is 3.63. The molecule has 1 unspecified atom stereocenters. The Morgan fingerprint density at radius 1 is 1.29 bits per heavy atom. The molecule has 0 spiro atoms. The van der Waals surface area contributed by atoms with Crippen molar-refractivity contribution in [3.8, 4) is 0 Å². The van der Waals surface area contributed by atoms with E-state index in [0.717, 1.165) is 17.5 Å². The summed E-state index contributed by atoms with van der Waals surface area (Å²) in [7, 11) is 0. The number of aliphatic hydroxyl groups is 1. The summed E-state index contributed by atoms with van der Waals surface area (Å²) in [5.74, 6) is -0.738. The molecule has 1 aliphatic carbocycles. The minimum absolute atomic E-state index is 0.00199. The van der Waals surface area contributed by atoms with E-state index in [2.05, 4.69) is 20.9 Å². The number of carbonyl (C=O) groups is 1. The van der Waals surface area contributed by atoms with Crippen LogP contribution in [0.5, 0.6) is 0 Å². The van der Waals surface area contributed by atoms with E-state index in [0.29, 0.717) is 5.82 Å². The molecule has 28 heavy (non-hydrogen) atoms. The zero-order chi connectivity index (χ0) is 20.5. The second-order valence-electron chi connectivity index (χ2n) is 6.42. The van der Waals surface area contributed by atoms with Gasteiger partial charge in [-0.2, -0.15) is 23.3 Å². The molecule has 0 saturated carbocycles. The molecule has 10 heteroatoms. The Morgan fingerprint density at radius 3 is 2.54 bits per heavy atom. The first-order chi connectivity index (χ1) is 13.1. The van der Waals surface area contributed by atoms with Crippen LogP contribution >= 0.6 is 0 Å². The topological polar surface area (TPSA) is 89.9 Å². The molecule has 3 rings (SSSR count). The van der Waals surface area contributed by atoms with Crippen LogP contribution in [0.4, 0.5) is 19.0 Å². The van der Waals surface area contributed by atoms with Crippen LogP contribution in [0.1, 0.15) is 30.6 Å². The van der Waals surface area contributed by atoms with Crippen molar-refractivity contribution >= 4 is 17.4 Å². The van der Waals surface area contributed by atoms with E-state index in [4.69, 9.17) is 0 Å². The number of alkyl halides is 3. The van der Waals surface area contributed by atoms with Crippen molar-refractivity contribution < 1.29 is 23.1 Å². The lowest BCUT2D eigenvalue weighted by Gasteiger charge is -2.32. The average molecular weight is 393 g/mol. The fourth-order valence-corrected chi connectivity index (χ4v) is 2.72. The molecule has 0 saturated heterocycles. The summed E-state index contributed by atoms with van der Waals surface area (Å²) in [4.78, 5) is 16.5. The number of hydrogen-bond acceptors (Lipinski definition) is 6. The lowest BCUT2D eigenvalue weighted by atomic mass is 10.1. The largest absolute Gasteiger partial charge is 0.438 e. The fraction of sp³-hybridized carbons (Fsp3) is 0.278. The van der Waals surface area contributed by atoms with Crippen LogP contribution in [0, 0.1) is 0 Å². The van der Waals surface area contributed by atoms with Crippen molar-refractivity contribution in [3.63, 3.8) is 0 Å². The summed E-state index contributed by atoms with van der Waals surface area (Å²) in [5, 5.41) is 13.6. The fourth-order valence-electron chi connectivity index (χ4n) is 2.72. The SMILES string of the molecule is CC1=NN(C(=O)c2ccc(NNC(C)=C3C=CC=C3)nc2)C(O)(C(F)(F)F)C1. The van der Waals surface area contributed by atoms with Crippen molar-refractivity contribution in [1.82, 2.24) is 15.4 Å². The monoisotopic (exact) mass is 393 g/mol. The number of hydrogen-bond donors (Lipinski definition) is 3. The van der Waals surface area contributed by atoms with Crippen molar-refractivity contribution in [2.75, 3.05) is 5.43 Å². The molecule has 1 atom stereocenters. The Labute approximate surface area is 158 Å². The Kier molecular flexibility index (Phi) is 4.99. The highest BCUT2D eigenvalue weighted by atomic mass is 19.4. The predicted molar refractivity (Wildman–Crippen MR) is 96.9 cm³/mol. The number of aromatic nitrogens is 1. The second-order valence-corrected chi connectivity index (χ2v) is 6.42. The molecular formula is C18H18F3N5O2. The summed E-state index contributed by atoms with van der Waals surface area (Å²) in [6.07, 6.45) is 2.89. The number of pyridine rings is 1. The van der Waals surface area contributed by atoms with Crippen LogP contribution in [-0.4, -0.2) is 38.6 Å². The van der Waals surface area contributed by atoms with E-state index in [1.54, 1.807) is 0 Å². The van der Waals surface area contributed by atoms with Gasteiger partial charge in [0.05, 0.1) is 5.56 Å². The molecule has 1 amide bonds. The molecular weight excluding hydrogens is 375 g/mol. The molecule has 148 valence electrons. The van der Waals surface area contributed by atoms with Crippen molar-refractivity contribution in [2.24, 2.45) is 5.10 Å². The molecule has 3 N–H and O–H groups in total. The van der Waals surface area contributed by atoms with Crippen molar-refractivity contribution in [3.05, 3.63) is 59.5 Å². The smallest absolute Gasteiger partial charge is 0.362 e. The summed E-state index contributed by atoms with van der Waals surface area (Å²) < 4.78 is 39.7. The minimum atomic E-state index is -5.04. The van der Waals surface area contributed by atoms with Gasteiger partial charge in [0.25, 0.3) is 11.6 Å². The summed E-state index contributed by atoms with van der Waals surface area (Å²) in [6, 6.07) is 2.73. The lowest BCUT2D eigenvalue weighted by Crippen LogP contribution is -2.56. The van der Waals surface area contributed by atoms with Crippen LogP contribution < -0.4 is 10.9 Å². The van der Waals surface area contributed by atoms with Gasteiger partial charge in [-0.15, -0.1) is 0 Å². The standard InChI is InChI=1S/C18H18F3N5O2/c1-11-9-17(28,18(19,20)21)26(25-11)16(27)14-7-8-15(22-10-14)24-23-12(2)13-5-3-4-6-13/h3-8,10,23,28H,9H2,1-2H3,(H,22,24). The molecule has 2 heterocycles. The highest BCUT2D eigenvalue weighted by molar-refractivity contribution is 5.97. The van der Waals surface area contributed by atoms with Gasteiger partial charge in [0.15, 0.2) is 0 Å². The first-order valence-electron chi connectivity index (χ1n) is 8.33. The number of rotatable bonds is 4. The molecule has 1 aromatic rings. The number of nitrogens with one attached hydrogen (secondary N) is 2. The zero-order valence-corrected chi connectivity index (χ0v) is 15.1. The zero-order valence-electron chi connectivity index (χ0n) is 15.1. The number of carbonyl (C=O) groups excluding carboxylic acids is 1. The van der Waals surface area contributed by atoms with E-state index < -0.39 is 24.2 Å². The third-order valence-corrected chi connectivity index (χ3v) is 4.25. The van der Waals surface area contributed by atoms with Gasteiger partial charge in [-0.1, -0.05) is 24.3 Å². The molecule has 1 aromatic heterocycles.